The molecule has 0 saturated carbocycles. The van der Waals surface area contributed by atoms with Crippen molar-refractivity contribution in [2.45, 2.75) is 45.2 Å². The van der Waals surface area contributed by atoms with Crippen molar-refractivity contribution in [3.63, 3.8) is 0 Å². The zero-order valence-corrected chi connectivity index (χ0v) is 12.7. The second-order valence-corrected chi connectivity index (χ2v) is 6.32. The standard InChI is InChI=1S/C16H22F2N2O/c1-10-8-11(6-7-19-10)15(21)20-16(2,3)12-4-5-13(17)14(18)9-12/h4-5,9-11,19H,6-8H2,1-3H3,(H,20,21)/t10-,11-/m0/s1. The molecule has 0 bridgehead atoms. The Morgan fingerprint density at radius 2 is 2.05 bits per heavy atom. The van der Waals surface area contributed by atoms with Gasteiger partial charge in [-0.05, 0) is 57.9 Å². The highest BCUT2D eigenvalue weighted by molar-refractivity contribution is 5.79. The highest BCUT2D eigenvalue weighted by Gasteiger charge is 2.30. The SMILES string of the molecule is C[C@H]1C[C@@H](C(=O)NC(C)(C)c2ccc(F)c(F)c2)CCN1. The van der Waals surface area contributed by atoms with Crippen molar-refractivity contribution in [2.75, 3.05) is 6.54 Å². The molecule has 1 aliphatic heterocycles. The second kappa shape index (κ2) is 6.10. The number of halogens is 2. The molecule has 1 amide bonds. The van der Waals surface area contributed by atoms with Gasteiger partial charge < -0.3 is 10.6 Å². The molecular weight excluding hydrogens is 274 g/mol. The van der Waals surface area contributed by atoms with Crippen molar-refractivity contribution < 1.29 is 13.6 Å². The molecule has 0 spiro atoms. The fourth-order valence-corrected chi connectivity index (χ4v) is 2.74. The number of carbonyl (C=O) groups excluding carboxylic acids is 1. The zero-order chi connectivity index (χ0) is 15.6. The molecule has 1 saturated heterocycles. The van der Waals surface area contributed by atoms with Crippen LogP contribution in [0.5, 0.6) is 0 Å². The first-order valence-corrected chi connectivity index (χ1v) is 7.30. The molecule has 1 fully saturated rings. The molecule has 3 nitrogen and oxygen atoms in total. The summed E-state index contributed by atoms with van der Waals surface area (Å²) < 4.78 is 26.4. The minimum Gasteiger partial charge on any atom is -0.347 e. The van der Waals surface area contributed by atoms with Gasteiger partial charge in [-0.25, -0.2) is 8.78 Å². The summed E-state index contributed by atoms with van der Waals surface area (Å²) in [7, 11) is 0. The summed E-state index contributed by atoms with van der Waals surface area (Å²) in [4.78, 5) is 12.4. The Hall–Kier alpha value is -1.49. The van der Waals surface area contributed by atoms with E-state index in [9.17, 15) is 13.6 Å². The van der Waals surface area contributed by atoms with E-state index in [-0.39, 0.29) is 11.8 Å². The molecule has 1 aliphatic rings. The van der Waals surface area contributed by atoms with E-state index in [1.54, 1.807) is 13.8 Å². The largest absolute Gasteiger partial charge is 0.347 e. The lowest BCUT2D eigenvalue weighted by molar-refractivity contribution is -0.127. The minimum absolute atomic E-state index is 0.0296. The first kappa shape index (κ1) is 15.9. The molecule has 1 heterocycles. The van der Waals surface area contributed by atoms with Gasteiger partial charge in [-0.1, -0.05) is 6.07 Å². The Labute approximate surface area is 124 Å². The molecule has 2 rings (SSSR count). The number of amides is 1. The fourth-order valence-electron chi connectivity index (χ4n) is 2.74. The maximum atomic E-state index is 13.4. The average molecular weight is 296 g/mol. The maximum Gasteiger partial charge on any atom is 0.223 e. The topological polar surface area (TPSA) is 41.1 Å². The third-order valence-electron chi connectivity index (χ3n) is 4.07. The molecule has 1 aromatic carbocycles. The summed E-state index contributed by atoms with van der Waals surface area (Å²) in [5.41, 5.74) is -0.184. The molecule has 0 aromatic heterocycles. The number of hydrogen-bond donors (Lipinski definition) is 2. The lowest BCUT2D eigenvalue weighted by Crippen LogP contribution is -2.48. The summed E-state index contributed by atoms with van der Waals surface area (Å²) >= 11 is 0. The molecule has 2 N–H and O–H groups in total. The molecule has 5 heteroatoms. The number of nitrogens with one attached hydrogen (secondary N) is 2. The van der Waals surface area contributed by atoms with E-state index in [1.165, 1.54) is 6.07 Å². The zero-order valence-electron chi connectivity index (χ0n) is 12.7. The number of carbonyl (C=O) groups is 1. The van der Waals surface area contributed by atoms with Crippen LogP contribution in [0, 0.1) is 17.6 Å². The first-order valence-electron chi connectivity index (χ1n) is 7.30. The monoisotopic (exact) mass is 296 g/mol. The third-order valence-corrected chi connectivity index (χ3v) is 4.07. The molecule has 1 aromatic rings. The van der Waals surface area contributed by atoms with Crippen LogP contribution < -0.4 is 10.6 Å². The van der Waals surface area contributed by atoms with Gasteiger partial charge in [0.15, 0.2) is 11.6 Å². The van der Waals surface area contributed by atoms with Crippen molar-refractivity contribution in [1.82, 2.24) is 10.6 Å². The molecular formula is C16H22F2N2O. The second-order valence-electron chi connectivity index (χ2n) is 6.32. The van der Waals surface area contributed by atoms with Gasteiger partial charge in [-0.3, -0.25) is 4.79 Å². The van der Waals surface area contributed by atoms with E-state index in [0.29, 0.717) is 11.6 Å². The molecule has 0 unspecified atom stereocenters. The Kier molecular flexibility index (Phi) is 4.61. The lowest BCUT2D eigenvalue weighted by Gasteiger charge is -2.32. The van der Waals surface area contributed by atoms with E-state index in [2.05, 4.69) is 17.6 Å². The average Bonchev–Trinajstić information content (AvgIpc) is 2.41. The Bertz CT molecular complexity index is 531. The third kappa shape index (κ3) is 3.79. The van der Waals surface area contributed by atoms with E-state index >= 15 is 0 Å². The Balaban J connectivity index is 2.08. The summed E-state index contributed by atoms with van der Waals surface area (Å²) in [6.45, 7) is 6.47. The van der Waals surface area contributed by atoms with E-state index in [1.807, 2.05) is 0 Å². The number of hydrogen-bond acceptors (Lipinski definition) is 2. The normalized spacial score (nSPS) is 22.9. The number of benzene rings is 1. The molecule has 0 aliphatic carbocycles. The highest BCUT2D eigenvalue weighted by atomic mass is 19.2. The quantitative estimate of drug-likeness (QED) is 0.900. The van der Waals surface area contributed by atoms with E-state index in [4.69, 9.17) is 0 Å². The predicted molar refractivity (Wildman–Crippen MR) is 77.7 cm³/mol. The minimum atomic E-state index is -0.898. The van der Waals surface area contributed by atoms with Crippen LogP contribution in [0.4, 0.5) is 8.78 Å². The van der Waals surface area contributed by atoms with Crippen molar-refractivity contribution in [3.8, 4) is 0 Å². The van der Waals surface area contributed by atoms with Gasteiger partial charge in [0.05, 0.1) is 5.54 Å². The van der Waals surface area contributed by atoms with Crippen LogP contribution in [0.15, 0.2) is 18.2 Å². The van der Waals surface area contributed by atoms with Crippen molar-refractivity contribution in [2.24, 2.45) is 5.92 Å². The van der Waals surface area contributed by atoms with Crippen LogP contribution in [0.3, 0.4) is 0 Å². The molecule has 2 atom stereocenters. The summed E-state index contributed by atoms with van der Waals surface area (Å²) in [6.07, 6.45) is 1.59. The predicted octanol–water partition coefficient (Wildman–Crippen LogP) is 2.70. The molecule has 116 valence electrons. The Morgan fingerprint density at radius 3 is 2.67 bits per heavy atom. The Morgan fingerprint density at radius 1 is 1.33 bits per heavy atom. The van der Waals surface area contributed by atoms with Gasteiger partial charge in [-0.15, -0.1) is 0 Å². The van der Waals surface area contributed by atoms with Crippen LogP contribution >= 0.6 is 0 Å². The van der Waals surface area contributed by atoms with E-state index in [0.717, 1.165) is 31.5 Å². The fraction of sp³-hybridized carbons (Fsp3) is 0.562. The van der Waals surface area contributed by atoms with Gasteiger partial charge in [0.2, 0.25) is 5.91 Å². The van der Waals surface area contributed by atoms with Gasteiger partial charge in [-0.2, -0.15) is 0 Å². The molecule has 21 heavy (non-hydrogen) atoms. The van der Waals surface area contributed by atoms with Crippen molar-refractivity contribution in [3.05, 3.63) is 35.4 Å². The van der Waals surface area contributed by atoms with Gasteiger partial charge in [0.1, 0.15) is 0 Å². The maximum absolute atomic E-state index is 13.4. The van der Waals surface area contributed by atoms with Gasteiger partial charge in [0.25, 0.3) is 0 Å². The van der Waals surface area contributed by atoms with E-state index < -0.39 is 17.2 Å². The smallest absolute Gasteiger partial charge is 0.223 e. The van der Waals surface area contributed by atoms with Crippen LogP contribution in [-0.4, -0.2) is 18.5 Å². The van der Waals surface area contributed by atoms with Gasteiger partial charge >= 0.3 is 0 Å². The van der Waals surface area contributed by atoms with Gasteiger partial charge in [0, 0.05) is 12.0 Å². The lowest BCUT2D eigenvalue weighted by atomic mass is 9.89. The van der Waals surface area contributed by atoms with Crippen LogP contribution in [0.1, 0.15) is 39.2 Å². The van der Waals surface area contributed by atoms with Crippen LogP contribution in [0.25, 0.3) is 0 Å². The summed E-state index contributed by atoms with van der Waals surface area (Å²) in [5.74, 6) is -1.85. The number of piperidine rings is 1. The molecule has 0 radical (unpaired) electrons. The van der Waals surface area contributed by atoms with Crippen molar-refractivity contribution >= 4 is 5.91 Å². The highest BCUT2D eigenvalue weighted by Crippen LogP contribution is 2.24. The van der Waals surface area contributed by atoms with Crippen LogP contribution in [-0.2, 0) is 10.3 Å². The first-order chi connectivity index (χ1) is 9.79. The van der Waals surface area contributed by atoms with Crippen molar-refractivity contribution in [1.29, 1.82) is 0 Å². The number of rotatable bonds is 3. The summed E-state index contributed by atoms with van der Waals surface area (Å²) in [5, 5.41) is 6.26. The summed E-state index contributed by atoms with van der Waals surface area (Å²) in [6, 6.07) is 4.05. The van der Waals surface area contributed by atoms with Crippen LogP contribution in [0.2, 0.25) is 0 Å².